The van der Waals surface area contributed by atoms with Gasteiger partial charge in [0.2, 0.25) is 15.9 Å². The lowest BCUT2D eigenvalue weighted by Gasteiger charge is -2.33. The van der Waals surface area contributed by atoms with Crippen LogP contribution < -0.4 is 5.32 Å². The van der Waals surface area contributed by atoms with Gasteiger partial charge in [0.1, 0.15) is 5.82 Å². The first-order valence-corrected chi connectivity index (χ1v) is 12.8. The second kappa shape index (κ2) is 9.76. The summed E-state index contributed by atoms with van der Waals surface area (Å²) in [4.78, 5) is 32.1. The van der Waals surface area contributed by atoms with E-state index in [1.54, 1.807) is 26.2 Å². The first kappa shape index (κ1) is 24.8. The highest BCUT2D eigenvalue weighted by molar-refractivity contribution is 7.89. The molecule has 2 aromatic carbocycles. The summed E-state index contributed by atoms with van der Waals surface area (Å²) in [6.45, 7) is 3.90. The molecule has 2 amide bonds. The molecular weight excluding hydrogens is 468 g/mol. The van der Waals surface area contributed by atoms with Gasteiger partial charge in [-0.2, -0.15) is 4.31 Å². The molecule has 3 aromatic rings. The first-order chi connectivity index (χ1) is 16.6. The van der Waals surface area contributed by atoms with E-state index >= 15 is 0 Å². The number of piperazine rings is 1. The Morgan fingerprint density at radius 2 is 1.69 bits per heavy atom. The molecule has 1 aromatic heterocycles. The number of fused-ring (bicyclic) bond motifs is 1. The van der Waals surface area contributed by atoms with Crippen LogP contribution in [0, 0.1) is 0 Å². The van der Waals surface area contributed by atoms with Crippen LogP contribution in [0.1, 0.15) is 23.1 Å². The number of nitrogens with one attached hydrogen (secondary N) is 1. The van der Waals surface area contributed by atoms with Crippen molar-refractivity contribution in [3.05, 3.63) is 53.9 Å². The standard InChI is InChI=1S/C24H30N6O4S/c1-17(31)25-19-6-8-20(9-7-19)35(33,34)30-13-11-29(12-14-30)16-23-26-21-15-18(24(32)27(2)3)5-10-22(21)28(23)4/h5-10,15H,11-14,16H2,1-4H3,(H,25,31). The molecule has 0 radical (unpaired) electrons. The van der Waals surface area contributed by atoms with Crippen molar-refractivity contribution in [3.63, 3.8) is 0 Å². The molecule has 0 unspecified atom stereocenters. The van der Waals surface area contributed by atoms with Gasteiger partial charge in [0, 0.05) is 65.5 Å². The molecule has 10 nitrogen and oxygen atoms in total. The molecule has 2 heterocycles. The molecule has 4 rings (SSSR count). The predicted molar refractivity (Wildman–Crippen MR) is 134 cm³/mol. The largest absolute Gasteiger partial charge is 0.345 e. The number of anilines is 1. The van der Waals surface area contributed by atoms with E-state index in [-0.39, 0.29) is 16.7 Å². The van der Waals surface area contributed by atoms with Crippen molar-refractivity contribution in [3.8, 4) is 0 Å². The van der Waals surface area contributed by atoms with E-state index in [4.69, 9.17) is 4.98 Å². The number of imidazole rings is 1. The molecule has 0 atom stereocenters. The van der Waals surface area contributed by atoms with Gasteiger partial charge in [-0.25, -0.2) is 13.4 Å². The van der Waals surface area contributed by atoms with Crippen LogP contribution in [0.5, 0.6) is 0 Å². The summed E-state index contributed by atoms with van der Waals surface area (Å²) in [6.07, 6.45) is 0. The van der Waals surface area contributed by atoms with Gasteiger partial charge >= 0.3 is 0 Å². The Hall–Kier alpha value is -3.28. The second-order valence-electron chi connectivity index (χ2n) is 8.88. The lowest BCUT2D eigenvalue weighted by atomic mass is 10.2. The van der Waals surface area contributed by atoms with Crippen LogP contribution in [0.25, 0.3) is 11.0 Å². The van der Waals surface area contributed by atoms with Crippen LogP contribution in [0.2, 0.25) is 0 Å². The van der Waals surface area contributed by atoms with E-state index in [9.17, 15) is 18.0 Å². The minimum atomic E-state index is -3.62. The Labute approximate surface area is 205 Å². The molecular formula is C24H30N6O4S. The molecule has 1 saturated heterocycles. The summed E-state index contributed by atoms with van der Waals surface area (Å²) < 4.78 is 29.6. The van der Waals surface area contributed by atoms with Gasteiger partial charge in [0.05, 0.1) is 22.5 Å². The summed E-state index contributed by atoms with van der Waals surface area (Å²) in [7, 11) is 1.77. The average molecular weight is 499 g/mol. The molecule has 1 fully saturated rings. The normalized spacial score (nSPS) is 15.3. The van der Waals surface area contributed by atoms with Crippen LogP contribution in [0.15, 0.2) is 47.4 Å². The second-order valence-corrected chi connectivity index (χ2v) is 10.8. The van der Waals surface area contributed by atoms with Crippen LogP contribution in [0.4, 0.5) is 5.69 Å². The quantitative estimate of drug-likeness (QED) is 0.555. The molecule has 0 bridgehead atoms. The molecule has 35 heavy (non-hydrogen) atoms. The Kier molecular flexibility index (Phi) is 6.93. The van der Waals surface area contributed by atoms with Crippen LogP contribution in [-0.4, -0.2) is 84.2 Å². The van der Waals surface area contributed by atoms with Crippen molar-refractivity contribution in [1.29, 1.82) is 0 Å². The fourth-order valence-electron chi connectivity index (χ4n) is 4.17. The van der Waals surface area contributed by atoms with Gasteiger partial charge in [-0.05, 0) is 42.5 Å². The van der Waals surface area contributed by atoms with Crippen LogP contribution >= 0.6 is 0 Å². The number of rotatable bonds is 6. The van der Waals surface area contributed by atoms with Crippen molar-refractivity contribution in [1.82, 2.24) is 23.7 Å². The number of hydrogen-bond donors (Lipinski definition) is 1. The van der Waals surface area contributed by atoms with Crippen LogP contribution in [0.3, 0.4) is 0 Å². The van der Waals surface area contributed by atoms with Gasteiger partial charge in [-0.15, -0.1) is 0 Å². The molecule has 186 valence electrons. The Bertz CT molecular complexity index is 1360. The number of aromatic nitrogens is 2. The molecule has 1 N–H and O–H groups in total. The van der Waals surface area contributed by atoms with Crippen molar-refractivity contribution in [2.45, 2.75) is 18.4 Å². The lowest BCUT2D eigenvalue weighted by molar-refractivity contribution is -0.114. The number of amides is 2. The zero-order valence-corrected chi connectivity index (χ0v) is 21.2. The lowest BCUT2D eigenvalue weighted by Crippen LogP contribution is -2.48. The molecule has 0 saturated carbocycles. The topological polar surface area (TPSA) is 108 Å². The Morgan fingerprint density at radius 3 is 2.29 bits per heavy atom. The summed E-state index contributed by atoms with van der Waals surface area (Å²) >= 11 is 0. The summed E-state index contributed by atoms with van der Waals surface area (Å²) in [6, 6.07) is 11.7. The molecule has 0 aliphatic carbocycles. The Morgan fingerprint density at radius 1 is 1.03 bits per heavy atom. The smallest absolute Gasteiger partial charge is 0.253 e. The van der Waals surface area contributed by atoms with Gasteiger partial charge in [0.15, 0.2) is 0 Å². The number of nitrogens with zero attached hydrogens (tertiary/aromatic N) is 5. The summed E-state index contributed by atoms with van der Waals surface area (Å²) in [5.74, 6) is 0.584. The van der Waals surface area contributed by atoms with Crippen molar-refractivity contribution >= 4 is 38.6 Å². The minimum Gasteiger partial charge on any atom is -0.345 e. The fourth-order valence-corrected chi connectivity index (χ4v) is 5.60. The first-order valence-electron chi connectivity index (χ1n) is 11.3. The van der Waals surface area contributed by atoms with Crippen molar-refractivity contribution in [2.75, 3.05) is 45.6 Å². The molecule has 1 aliphatic rings. The maximum Gasteiger partial charge on any atom is 0.253 e. The van der Waals surface area contributed by atoms with E-state index in [0.29, 0.717) is 44.0 Å². The highest BCUT2D eigenvalue weighted by Crippen LogP contribution is 2.22. The minimum absolute atomic E-state index is 0.0683. The third-order valence-electron chi connectivity index (χ3n) is 6.14. The fraction of sp³-hybridized carbons (Fsp3) is 0.375. The van der Waals surface area contributed by atoms with E-state index in [1.807, 2.05) is 29.8 Å². The number of carbonyl (C=O) groups excluding carboxylic acids is 2. The predicted octanol–water partition coefficient (Wildman–Crippen LogP) is 1.74. The van der Waals surface area contributed by atoms with Crippen molar-refractivity contribution < 1.29 is 18.0 Å². The van der Waals surface area contributed by atoms with Crippen molar-refractivity contribution in [2.24, 2.45) is 7.05 Å². The van der Waals surface area contributed by atoms with Gasteiger partial charge in [0.25, 0.3) is 5.91 Å². The van der Waals surface area contributed by atoms with Crippen LogP contribution in [-0.2, 0) is 28.4 Å². The molecule has 0 spiro atoms. The average Bonchev–Trinajstić information content (AvgIpc) is 3.13. The maximum absolute atomic E-state index is 13.1. The van der Waals surface area contributed by atoms with E-state index in [0.717, 1.165) is 16.9 Å². The number of carbonyl (C=O) groups is 2. The van der Waals surface area contributed by atoms with Gasteiger partial charge in [-0.1, -0.05) is 0 Å². The summed E-state index contributed by atoms with van der Waals surface area (Å²) in [5.41, 5.74) is 2.86. The van der Waals surface area contributed by atoms with E-state index in [2.05, 4.69) is 10.2 Å². The number of benzene rings is 2. The molecule has 11 heteroatoms. The monoisotopic (exact) mass is 498 g/mol. The highest BCUT2D eigenvalue weighted by Gasteiger charge is 2.29. The SMILES string of the molecule is CC(=O)Nc1ccc(S(=O)(=O)N2CCN(Cc3nc4cc(C(=O)N(C)C)ccc4n3C)CC2)cc1. The van der Waals surface area contributed by atoms with E-state index < -0.39 is 10.0 Å². The van der Waals surface area contributed by atoms with Gasteiger partial charge < -0.3 is 14.8 Å². The zero-order chi connectivity index (χ0) is 25.3. The van der Waals surface area contributed by atoms with E-state index in [1.165, 1.54) is 28.3 Å². The third-order valence-corrected chi connectivity index (χ3v) is 8.05. The zero-order valence-electron chi connectivity index (χ0n) is 20.4. The van der Waals surface area contributed by atoms with Gasteiger partial charge in [-0.3, -0.25) is 14.5 Å². The molecule has 1 aliphatic heterocycles. The number of hydrogen-bond acceptors (Lipinski definition) is 6. The third kappa shape index (κ3) is 5.21. The highest BCUT2D eigenvalue weighted by atomic mass is 32.2. The number of aryl methyl sites for hydroxylation is 1. The maximum atomic E-state index is 13.1. The Balaban J connectivity index is 1.42. The number of sulfonamides is 1. The summed E-state index contributed by atoms with van der Waals surface area (Å²) in [5, 5.41) is 2.64.